The molecule has 9 heteroatoms. The Morgan fingerprint density at radius 3 is 2.33 bits per heavy atom. The smallest absolute Gasteiger partial charge is 0.339 e. The minimum Gasteiger partial charge on any atom is -0.452 e. The monoisotopic (exact) mass is 467 g/mol. The van der Waals surface area contributed by atoms with Gasteiger partial charge in [-0.1, -0.05) is 35.9 Å². The van der Waals surface area contributed by atoms with E-state index in [1.807, 2.05) is 25.1 Å². The van der Waals surface area contributed by atoms with Gasteiger partial charge in [-0.2, -0.15) is 4.31 Å². The highest BCUT2D eigenvalue weighted by Gasteiger charge is 2.30. The highest BCUT2D eigenvalue weighted by atomic mass is 32.2. The lowest BCUT2D eigenvalue weighted by Crippen LogP contribution is -2.51. The van der Waals surface area contributed by atoms with Gasteiger partial charge in [-0.05, 0) is 38.1 Å². The van der Waals surface area contributed by atoms with Crippen molar-refractivity contribution in [2.75, 3.05) is 32.8 Å². The molecule has 8 nitrogen and oxygen atoms in total. The van der Waals surface area contributed by atoms with Crippen LogP contribution in [0.1, 0.15) is 21.6 Å². The maximum Gasteiger partial charge on any atom is 0.339 e. The van der Waals surface area contributed by atoms with Crippen molar-refractivity contribution in [1.29, 1.82) is 0 Å². The van der Waals surface area contributed by atoms with E-state index in [9.17, 15) is 18.0 Å². The molecule has 1 amide bonds. The number of amides is 1. The molecule has 1 aromatic heterocycles. The van der Waals surface area contributed by atoms with E-state index in [0.29, 0.717) is 22.2 Å². The number of aryl methyl sites for hydroxylation is 2. The molecule has 0 bridgehead atoms. The van der Waals surface area contributed by atoms with Crippen molar-refractivity contribution in [1.82, 2.24) is 14.2 Å². The number of carbonyl (C=O) groups excluding carboxylic acids is 2. The van der Waals surface area contributed by atoms with E-state index < -0.39 is 22.6 Å². The molecular formula is C24H25N3O5S. The van der Waals surface area contributed by atoms with Gasteiger partial charge >= 0.3 is 5.97 Å². The molecule has 0 atom stereocenters. The first kappa shape index (κ1) is 22.9. The molecule has 2 aromatic carbocycles. The van der Waals surface area contributed by atoms with E-state index in [1.165, 1.54) is 9.21 Å². The predicted molar refractivity (Wildman–Crippen MR) is 123 cm³/mol. The van der Waals surface area contributed by atoms with Gasteiger partial charge in [-0.25, -0.2) is 13.2 Å². The number of pyridine rings is 1. The maximum absolute atomic E-state index is 12.8. The molecule has 172 valence electrons. The van der Waals surface area contributed by atoms with Gasteiger partial charge in [0.1, 0.15) is 0 Å². The lowest BCUT2D eigenvalue weighted by Gasteiger charge is -2.33. The zero-order chi connectivity index (χ0) is 23.6. The number of benzene rings is 2. The molecule has 0 aliphatic carbocycles. The molecule has 1 aliphatic heterocycles. The molecule has 1 fully saturated rings. The van der Waals surface area contributed by atoms with Crippen LogP contribution in [0.25, 0.3) is 10.9 Å². The Kier molecular flexibility index (Phi) is 6.44. The third-order valence-electron chi connectivity index (χ3n) is 5.64. The SMILES string of the molecule is Cc1ccc(S(=O)(=O)N2CCN(C(=O)COC(=O)c3cc(C)nc4ccccc34)CC2)cc1. The van der Waals surface area contributed by atoms with Crippen molar-refractivity contribution < 1.29 is 22.7 Å². The first-order valence-electron chi connectivity index (χ1n) is 10.6. The predicted octanol–water partition coefficient (Wildman–Crippen LogP) is 2.54. The summed E-state index contributed by atoms with van der Waals surface area (Å²) in [7, 11) is -3.61. The van der Waals surface area contributed by atoms with Gasteiger partial charge < -0.3 is 9.64 Å². The lowest BCUT2D eigenvalue weighted by molar-refractivity contribution is -0.135. The van der Waals surface area contributed by atoms with Crippen LogP contribution in [0.15, 0.2) is 59.5 Å². The maximum atomic E-state index is 12.8. The molecule has 3 aromatic rings. The molecule has 2 heterocycles. The third-order valence-corrected chi connectivity index (χ3v) is 7.55. The number of nitrogens with zero attached hydrogens (tertiary/aromatic N) is 3. The number of esters is 1. The lowest BCUT2D eigenvalue weighted by atomic mass is 10.1. The van der Waals surface area contributed by atoms with Crippen molar-refractivity contribution in [3.63, 3.8) is 0 Å². The highest BCUT2D eigenvalue weighted by molar-refractivity contribution is 7.89. The number of carbonyl (C=O) groups is 2. The zero-order valence-electron chi connectivity index (χ0n) is 18.5. The third kappa shape index (κ3) is 4.89. The van der Waals surface area contributed by atoms with Gasteiger partial charge in [0, 0.05) is 37.3 Å². The van der Waals surface area contributed by atoms with E-state index in [-0.39, 0.29) is 37.0 Å². The van der Waals surface area contributed by atoms with Crippen molar-refractivity contribution in [3.8, 4) is 0 Å². The number of rotatable bonds is 5. The molecule has 4 rings (SSSR count). The number of para-hydroxylation sites is 1. The Hall–Kier alpha value is -3.30. The Morgan fingerprint density at radius 1 is 0.970 bits per heavy atom. The van der Waals surface area contributed by atoms with Crippen molar-refractivity contribution in [3.05, 3.63) is 71.4 Å². The van der Waals surface area contributed by atoms with Gasteiger partial charge in [0.15, 0.2) is 6.61 Å². The average Bonchev–Trinajstić information content (AvgIpc) is 2.82. The summed E-state index contributed by atoms with van der Waals surface area (Å²) < 4.78 is 32.3. The first-order valence-corrected chi connectivity index (χ1v) is 12.1. The molecule has 0 N–H and O–H groups in total. The summed E-state index contributed by atoms with van der Waals surface area (Å²) in [5.41, 5.74) is 2.70. The molecule has 0 saturated carbocycles. The molecular weight excluding hydrogens is 442 g/mol. The Balaban J connectivity index is 1.35. The summed E-state index contributed by atoms with van der Waals surface area (Å²) in [6, 6.07) is 15.6. The summed E-state index contributed by atoms with van der Waals surface area (Å²) in [5, 5.41) is 0.662. The fourth-order valence-corrected chi connectivity index (χ4v) is 5.23. The summed E-state index contributed by atoms with van der Waals surface area (Å²) >= 11 is 0. The number of fused-ring (bicyclic) bond motifs is 1. The molecule has 0 unspecified atom stereocenters. The fourth-order valence-electron chi connectivity index (χ4n) is 3.81. The number of sulfonamides is 1. The molecule has 0 radical (unpaired) electrons. The standard InChI is InChI=1S/C24H25N3O5S/c1-17-7-9-19(10-8-17)33(30,31)27-13-11-26(12-14-27)23(28)16-32-24(29)21-15-18(2)25-22-6-4-3-5-20(21)22/h3-10,15H,11-14,16H2,1-2H3. The van der Waals surface area contributed by atoms with Crippen LogP contribution in [0.2, 0.25) is 0 Å². The van der Waals surface area contributed by atoms with Crippen LogP contribution in [0.5, 0.6) is 0 Å². The largest absolute Gasteiger partial charge is 0.452 e. The minimum atomic E-state index is -3.61. The quantitative estimate of drug-likeness (QED) is 0.535. The van der Waals surface area contributed by atoms with Crippen LogP contribution in [-0.4, -0.2) is 67.3 Å². The van der Waals surface area contributed by atoms with E-state index in [2.05, 4.69) is 4.98 Å². The van der Waals surface area contributed by atoms with Gasteiger partial charge in [-0.15, -0.1) is 0 Å². The number of ether oxygens (including phenoxy) is 1. The second kappa shape index (κ2) is 9.29. The van der Waals surface area contributed by atoms with Crippen molar-refractivity contribution in [2.45, 2.75) is 18.7 Å². The van der Waals surface area contributed by atoms with E-state index in [4.69, 9.17) is 4.74 Å². The molecule has 33 heavy (non-hydrogen) atoms. The van der Waals surface area contributed by atoms with Crippen molar-refractivity contribution >= 4 is 32.8 Å². The highest BCUT2D eigenvalue weighted by Crippen LogP contribution is 2.20. The Morgan fingerprint density at radius 2 is 1.64 bits per heavy atom. The number of aromatic nitrogens is 1. The molecule has 1 saturated heterocycles. The second-order valence-corrected chi connectivity index (χ2v) is 9.94. The summed E-state index contributed by atoms with van der Waals surface area (Å²) in [5.74, 6) is -0.948. The molecule has 1 aliphatic rings. The number of piperazine rings is 1. The van der Waals surface area contributed by atoms with Gasteiger partial charge in [0.25, 0.3) is 5.91 Å². The molecule has 0 spiro atoms. The van der Waals surface area contributed by atoms with E-state index >= 15 is 0 Å². The Bertz CT molecular complexity index is 1300. The van der Waals surface area contributed by atoms with Crippen LogP contribution in [0.3, 0.4) is 0 Å². The van der Waals surface area contributed by atoms with Gasteiger partial charge in [0.2, 0.25) is 10.0 Å². The van der Waals surface area contributed by atoms with Crippen LogP contribution in [0, 0.1) is 13.8 Å². The van der Waals surface area contributed by atoms with Crippen LogP contribution >= 0.6 is 0 Å². The fraction of sp³-hybridized carbons (Fsp3) is 0.292. The van der Waals surface area contributed by atoms with Crippen molar-refractivity contribution in [2.24, 2.45) is 0 Å². The van der Waals surface area contributed by atoms with Gasteiger partial charge in [0.05, 0.1) is 16.0 Å². The van der Waals surface area contributed by atoms with Crippen LogP contribution < -0.4 is 0 Å². The average molecular weight is 468 g/mol. The summed E-state index contributed by atoms with van der Waals surface area (Å²) in [4.78, 5) is 31.4. The summed E-state index contributed by atoms with van der Waals surface area (Å²) in [6.45, 7) is 4.12. The normalized spacial score (nSPS) is 14.9. The van der Waals surface area contributed by atoms with E-state index in [0.717, 1.165) is 5.56 Å². The topological polar surface area (TPSA) is 96.9 Å². The first-order chi connectivity index (χ1) is 15.8. The van der Waals surface area contributed by atoms with Crippen LogP contribution in [-0.2, 0) is 19.6 Å². The van der Waals surface area contributed by atoms with E-state index in [1.54, 1.807) is 43.3 Å². The summed E-state index contributed by atoms with van der Waals surface area (Å²) in [6.07, 6.45) is 0. The number of hydrogen-bond donors (Lipinski definition) is 0. The zero-order valence-corrected chi connectivity index (χ0v) is 19.3. The minimum absolute atomic E-state index is 0.185. The van der Waals surface area contributed by atoms with Crippen LogP contribution in [0.4, 0.5) is 0 Å². The Labute approximate surface area is 192 Å². The van der Waals surface area contributed by atoms with Gasteiger partial charge in [-0.3, -0.25) is 9.78 Å². The second-order valence-electron chi connectivity index (χ2n) is 8.00. The number of hydrogen-bond acceptors (Lipinski definition) is 6.